The number of benzene rings is 1. The Hall–Kier alpha value is -1.82. The SMILES string of the molecule is CC(=O)NCCSc1nc2ccccc2c(=O)n1C1CCCC1. The fourth-order valence-electron chi connectivity index (χ4n) is 3.08. The van der Waals surface area contributed by atoms with Crippen molar-refractivity contribution in [2.75, 3.05) is 12.3 Å². The van der Waals surface area contributed by atoms with Crippen LogP contribution in [0.5, 0.6) is 0 Å². The van der Waals surface area contributed by atoms with Crippen LogP contribution in [0.2, 0.25) is 0 Å². The molecule has 0 spiro atoms. The fraction of sp³-hybridized carbons (Fsp3) is 0.471. The topological polar surface area (TPSA) is 64.0 Å². The van der Waals surface area contributed by atoms with Gasteiger partial charge in [-0.05, 0) is 25.0 Å². The van der Waals surface area contributed by atoms with Crippen LogP contribution in [0, 0.1) is 0 Å². The highest BCUT2D eigenvalue weighted by Gasteiger charge is 2.22. The van der Waals surface area contributed by atoms with Crippen LogP contribution in [0.3, 0.4) is 0 Å². The quantitative estimate of drug-likeness (QED) is 0.520. The van der Waals surface area contributed by atoms with E-state index < -0.39 is 0 Å². The predicted molar refractivity (Wildman–Crippen MR) is 92.9 cm³/mol. The van der Waals surface area contributed by atoms with Crippen LogP contribution in [0.15, 0.2) is 34.2 Å². The molecule has 1 N–H and O–H groups in total. The molecular weight excluding hydrogens is 310 g/mol. The zero-order valence-corrected chi connectivity index (χ0v) is 14.1. The van der Waals surface area contributed by atoms with E-state index in [0.717, 1.165) is 23.5 Å². The molecule has 0 atom stereocenters. The van der Waals surface area contributed by atoms with E-state index in [-0.39, 0.29) is 17.5 Å². The Morgan fingerprint density at radius 3 is 2.83 bits per heavy atom. The molecule has 0 bridgehead atoms. The number of amides is 1. The number of carbonyl (C=O) groups is 1. The maximum atomic E-state index is 12.9. The second-order valence-corrected chi connectivity index (χ2v) is 6.92. The molecule has 23 heavy (non-hydrogen) atoms. The molecule has 122 valence electrons. The molecule has 5 nitrogen and oxygen atoms in total. The second-order valence-electron chi connectivity index (χ2n) is 5.86. The minimum atomic E-state index is -0.0368. The molecule has 1 heterocycles. The summed E-state index contributed by atoms with van der Waals surface area (Å²) in [6.45, 7) is 2.08. The number of nitrogens with zero attached hydrogens (tertiary/aromatic N) is 2. The standard InChI is InChI=1S/C17H21N3O2S/c1-12(21)18-10-11-23-17-19-15-9-5-4-8-14(15)16(22)20(17)13-6-2-3-7-13/h4-5,8-9,13H,2-3,6-7,10-11H2,1H3,(H,18,21). The Morgan fingerprint density at radius 1 is 1.35 bits per heavy atom. The van der Waals surface area contributed by atoms with Gasteiger partial charge in [0.2, 0.25) is 5.91 Å². The van der Waals surface area contributed by atoms with Gasteiger partial charge in [0.15, 0.2) is 5.16 Å². The lowest BCUT2D eigenvalue weighted by atomic mass is 10.2. The molecule has 6 heteroatoms. The molecule has 1 amide bonds. The lowest BCUT2D eigenvalue weighted by Crippen LogP contribution is -2.27. The molecular formula is C17H21N3O2S. The van der Waals surface area contributed by atoms with E-state index in [1.165, 1.54) is 19.8 Å². The van der Waals surface area contributed by atoms with Crippen molar-refractivity contribution in [3.8, 4) is 0 Å². The third kappa shape index (κ3) is 3.58. The first kappa shape index (κ1) is 16.1. The van der Waals surface area contributed by atoms with Gasteiger partial charge in [-0.15, -0.1) is 0 Å². The van der Waals surface area contributed by atoms with Crippen LogP contribution in [0.25, 0.3) is 10.9 Å². The van der Waals surface area contributed by atoms with E-state index in [1.807, 2.05) is 28.8 Å². The van der Waals surface area contributed by atoms with E-state index >= 15 is 0 Å². The zero-order chi connectivity index (χ0) is 16.2. The van der Waals surface area contributed by atoms with Crippen LogP contribution >= 0.6 is 11.8 Å². The number of hydrogen-bond acceptors (Lipinski definition) is 4. The first-order valence-corrected chi connectivity index (χ1v) is 9.04. The normalized spacial score (nSPS) is 15.2. The highest BCUT2D eigenvalue weighted by molar-refractivity contribution is 7.99. The van der Waals surface area contributed by atoms with Gasteiger partial charge in [0.1, 0.15) is 0 Å². The van der Waals surface area contributed by atoms with Gasteiger partial charge in [0, 0.05) is 25.3 Å². The van der Waals surface area contributed by atoms with Crippen LogP contribution in [-0.4, -0.2) is 27.8 Å². The summed E-state index contributed by atoms with van der Waals surface area (Å²) in [7, 11) is 0. The summed E-state index contributed by atoms with van der Waals surface area (Å²) in [5, 5.41) is 4.24. The van der Waals surface area contributed by atoms with E-state index in [9.17, 15) is 9.59 Å². The highest BCUT2D eigenvalue weighted by Crippen LogP contribution is 2.31. The Kier molecular flexibility index (Phi) is 5.00. The Balaban J connectivity index is 1.94. The smallest absolute Gasteiger partial charge is 0.262 e. The molecule has 1 aliphatic carbocycles. The van der Waals surface area contributed by atoms with Gasteiger partial charge in [-0.2, -0.15) is 0 Å². The number of rotatable bonds is 5. The Morgan fingerprint density at radius 2 is 2.09 bits per heavy atom. The summed E-state index contributed by atoms with van der Waals surface area (Å²) in [4.78, 5) is 28.6. The van der Waals surface area contributed by atoms with Crippen molar-refractivity contribution in [2.45, 2.75) is 43.8 Å². The van der Waals surface area contributed by atoms with Crippen molar-refractivity contribution < 1.29 is 4.79 Å². The number of aromatic nitrogens is 2. The molecule has 3 rings (SSSR count). The summed E-state index contributed by atoms with van der Waals surface area (Å²) >= 11 is 1.54. The number of hydrogen-bond donors (Lipinski definition) is 1. The number of thioether (sulfide) groups is 1. The summed E-state index contributed by atoms with van der Waals surface area (Å²) in [5.41, 5.74) is 0.804. The molecule has 1 aliphatic rings. The van der Waals surface area contributed by atoms with Crippen LogP contribution < -0.4 is 10.9 Å². The molecule has 1 saturated carbocycles. The van der Waals surface area contributed by atoms with Gasteiger partial charge in [0.25, 0.3) is 5.56 Å². The van der Waals surface area contributed by atoms with E-state index in [4.69, 9.17) is 4.98 Å². The number of nitrogens with one attached hydrogen (secondary N) is 1. The second kappa shape index (κ2) is 7.17. The van der Waals surface area contributed by atoms with Crippen molar-refractivity contribution >= 4 is 28.6 Å². The van der Waals surface area contributed by atoms with E-state index in [0.29, 0.717) is 17.7 Å². The van der Waals surface area contributed by atoms with Crippen molar-refractivity contribution in [3.05, 3.63) is 34.6 Å². The minimum Gasteiger partial charge on any atom is -0.356 e. The van der Waals surface area contributed by atoms with E-state index in [1.54, 1.807) is 11.8 Å². The lowest BCUT2D eigenvalue weighted by Gasteiger charge is -2.18. The molecule has 0 aliphatic heterocycles. The Bertz CT molecular complexity index is 766. The summed E-state index contributed by atoms with van der Waals surface area (Å²) in [6, 6.07) is 7.77. The van der Waals surface area contributed by atoms with Crippen molar-refractivity contribution in [1.29, 1.82) is 0 Å². The minimum absolute atomic E-state index is 0.0368. The van der Waals surface area contributed by atoms with Gasteiger partial charge in [-0.25, -0.2) is 4.98 Å². The number of fused-ring (bicyclic) bond motifs is 1. The maximum Gasteiger partial charge on any atom is 0.262 e. The number of para-hydroxylation sites is 1. The third-order valence-corrected chi connectivity index (χ3v) is 5.13. The predicted octanol–water partition coefficient (Wildman–Crippen LogP) is 2.74. The Labute approximate surface area is 139 Å². The molecule has 0 saturated heterocycles. The van der Waals surface area contributed by atoms with Gasteiger partial charge >= 0.3 is 0 Å². The van der Waals surface area contributed by atoms with Gasteiger partial charge < -0.3 is 5.32 Å². The summed E-state index contributed by atoms with van der Waals surface area (Å²) in [5.74, 6) is 0.669. The first-order chi connectivity index (χ1) is 11.2. The average molecular weight is 331 g/mol. The van der Waals surface area contributed by atoms with Crippen molar-refractivity contribution in [3.63, 3.8) is 0 Å². The van der Waals surface area contributed by atoms with Gasteiger partial charge in [-0.3, -0.25) is 14.2 Å². The number of carbonyl (C=O) groups excluding carboxylic acids is 1. The maximum absolute atomic E-state index is 12.9. The molecule has 1 aromatic heterocycles. The van der Waals surface area contributed by atoms with Crippen LogP contribution in [0.4, 0.5) is 0 Å². The molecule has 0 unspecified atom stereocenters. The zero-order valence-electron chi connectivity index (χ0n) is 13.2. The lowest BCUT2D eigenvalue weighted by molar-refractivity contribution is -0.118. The first-order valence-electron chi connectivity index (χ1n) is 8.05. The monoisotopic (exact) mass is 331 g/mol. The van der Waals surface area contributed by atoms with Crippen LogP contribution in [0.1, 0.15) is 38.6 Å². The van der Waals surface area contributed by atoms with Gasteiger partial charge in [0.05, 0.1) is 10.9 Å². The van der Waals surface area contributed by atoms with Crippen molar-refractivity contribution in [1.82, 2.24) is 14.9 Å². The highest BCUT2D eigenvalue weighted by atomic mass is 32.2. The molecule has 2 aromatic rings. The van der Waals surface area contributed by atoms with E-state index in [2.05, 4.69) is 5.32 Å². The molecule has 1 aromatic carbocycles. The van der Waals surface area contributed by atoms with Gasteiger partial charge in [-0.1, -0.05) is 36.7 Å². The molecule has 0 radical (unpaired) electrons. The molecule has 1 fully saturated rings. The third-order valence-electron chi connectivity index (χ3n) is 4.17. The summed E-state index contributed by atoms with van der Waals surface area (Å²) < 4.78 is 1.88. The van der Waals surface area contributed by atoms with Crippen LogP contribution in [-0.2, 0) is 4.79 Å². The fourth-order valence-corrected chi connectivity index (χ4v) is 4.00. The van der Waals surface area contributed by atoms with Crippen molar-refractivity contribution in [2.24, 2.45) is 0 Å². The average Bonchev–Trinajstić information content (AvgIpc) is 3.05. The largest absolute Gasteiger partial charge is 0.356 e. The summed E-state index contributed by atoms with van der Waals surface area (Å²) in [6.07, 6.45) is 4.41.